The van der Waals surface area contributed by atoms with Gasteiger partial charge in [0.2, 0.25) is 5.95 Å². The largest absolute Gasteiger partial charge is 0.490 e. The summed E-state index contributed by atoms with van der Waals surface area (Å²) >= 11 is 0. The van der Waals surface area contributed by atoms with Gasteiger partial charge >= 0.3 is 24.3 Å². The van der Waals surface area contributed by atoms with E-state index in [1.54, 1.807) is 36.9 Å². The zero-order valence-corrected chi connectivity index (χ0v) is 20.0. The monoisotopic (exact) mass is 567 g/mol. The van der Waals surface area contributed by atoms with Crippen LogP contribution in [0.3, 0.4) is 0 Å². The molecule has 4 heterocycles. The highest BCUT2D eigenvalue weighted by Crippen LogP contribution is 2.35. The lowest BCUT2D eigenvalue weighted by Gasteiger charge is -2.31. The number of rotatable bonds is 2. The summed E-state index contributed by atoms with van der Waals surface area (Å²) in [7, 11) is 0. The quantitative estimate of drug-likeness (QED) is 0.519. The Hall–Kier alpha value is -4.02. The van der Waals surface area contributed by atoms with Crippen molar-refractivity contribution in [2.45, 2.75) is 18.8 Å². The number of ether oxygens (including phenoxy) is 1. The van der Waals surface area contributed by atoms with Crippen LogP contribution in [0.15, 0.2) is 43.0 Å². The highest BCUT2D eigenvalue weighted by molar-refractivity contribution is 5.94. The van der Waals surface area contributed by atoms with Crippen LogP contribution in [0.25, 0.3) is 0 Å². The van der Waals surface area contributed by atoms with E-state index in [2.05, 4.69) is 19.9 Å². The van der Waals surface area contributed by atoms with Gasteiger partial charge in [-0.3, -0.25) is 9.78 Å². The number of amides is 1. The highest BCUT2D eigenvalue weighted by Gasteiger charge is 2.43. The Kier molecular flexibility index (Phi) is 10.5. The minimum absolute atomic E-state index is 0.0432. The number of halogens is 6. The fourth-order valence-electron chi connectivity index (χ4n) is 3.65. The number of alkyl halides is 6. The maximum absolute atomic E-state index is 12.8. The van der Waals surface area contributed by atoms with Gasteiger partial charge < -0.3 is 24.7 Å². The predicted octanol–water partition coefficient (Wildman–Crippen LogP) is 2.51. The van der Waals surface area contributed by atoms with Gasteiger partial charge in [0.25, 0.3) is 5.91 Å². The second-order valence-electron chi connectivity index (χ2n) is 8.34. The lowest BCUT2D eigenvalue weighted by molar-refractivity contribution is -0.193. The van der Waals surface area contributed by atoms with E-state index in [0.717, 1.165) is 25.5 Å². The molecule has 214 valence electrons. The second kappa shape index (κ2) is 13.2. The maximum Gasteiger partial charge on any atom is 0.490 e. The average Bonchev–Trinajstić information content (AvgIpc) is 3.18. The van der Waals surface area contributed by atoms with Crippen molar-refractivity contribution in [3.63, 3.8) is 0 Å². The van der Waals surface area contributed by atoms with Crippen molar-refractivity contribution < 1.29 is 55.7 Å². The van der Waals surface area contributed by atoms with Crippen LogP contribution < -0.4 is 4.90 Å². The van der Waals surface area contributed by atoms with Gasteiger partial charge in [-0.2, -0.15) is 26.3 Å². The van der Waals surface area contributed by atoms with Gasteiger partial charge in [-0.05, 0) is 24.6 Å². The molecule has 11 nitrogen and oxygen atoms in total. The zero-order chi connectivity index (χ0) is 29.3. The number of nitrogens with zero attached hydrogens (tertiary/aromatic N) is 5. The van der Waals surface area contributed by atoms with E-state index in [9.17, 15) is 31.1 Å². The van der Waals surface area contributed by atoms with Gasteiger partial charge in [-0.25, -0.2) is 19.6 Å². The fraction of sp³-hybridized carbons (Fsp3) is 0.455. The molecule has 2 aliphatic rings. The molecule has 39 heavy (non-hydrogen) atoms. The third-order valence-corrected chi connectivity index (χ3v) is 5.41. The number of aromatic nitrogens is 3. The van der Waals surface area contributed by atoms with Gasteiger partial charge in [0.1, 0.15) is 0 Å². The summed E-state index contributed by atoms with van der Waals surface area (Å²) in [4.78, 5) is 47.4. The molecule has 1 atom stereocenters. The van der Waals surface area contributed by atoms with Gasteiger partial charge in [0.05, 0.1) is 13.2 Å². The first-order valence-corrected chi connectivity index (χ1v) is 11.0. The average molecular weight is 567 g/mol. The molecule has 2 fully saturated rings. The molecule has 0 aromatic carbocycles. The number of hydrogen-bond donors (Lipinski definition) is 2. The van der Waals surface area contributed by atoms with Crippen LogP contribution in [0.2, 0.25) is 0 Å². The summed E-state index contributed by atoms with van der Waals surface area (Å²) in [5.74, 6) is -4.72. The number of anilines is 1. The third kappa shape index (κ3) is 9.66. The molecule has 0 aliphatic carbocycles. The molecule has 1 spiro atoms. The summed E-state index contributed by atoms with van der Waals surface area (Å²) in [5, 5.41) is 14.2. The summed E-state index contributed by atoms with van der Waals surface area (Å²) in [6, 6.07) is 5.35. The van der Waals surface area contributed by atoms with Gasteiger partial charge in [-0.15, -0.1) is 0 Å². The molecule has 1 unspecified atom stereocenters. The number of carboxylic acid groups (broad SMARTS) is 2. The molecule has 0 saturated carbocycles. The van der Waals surface area contributed by atoms with Gasteiger partial charge in [0.15, 0.2) is 0 Å². The number of carbonyl (C=O) groups is 3. The molecule has 2 aromatic rings. The maximum atomic E-state index is 12.8. The Bertz CT molecular complexity index is 1080. The Morgan fingerprint density at radius 2 is 1.41 bits per heavy atom. The topological polar surface area (TPSA) is 146 Å². The Morgan fingerprint density at radius 3 is 1.92 bits per heavy atom. The van der Waals surface area contributed by atoms with Crippen LogP contribution in [0.1, 0.15) is 16.8 Å². The van der Waals surface area contributed by atoms with Crippen molar-refractivity contribution in [3.8, 4) is 0 Å². The minimum Gasteiger partial charge on any atom is -0.475 e. The summed E-state index contributed by atoms with van der Waals surface area (Å²) < 4.78 is 69.3. The van der Waals surface area contributed by atoms with E-state index in [1.165, 1.54) is 0 Å². The van der Waals surface area contributed by atoms with E-state index in [4.69, 9.17) is 24.5 Å². The van der Waals surface area contributed by atoms with Crippen molar-refractivity contribution in [1.29, 1.82) is 0 Å². The predicted molar refractivity (Wildman–Crippen MR) is 120 cm³/mol. The highest BCUT2D eigenvalue weighted by atomic mass is 19.4. The molecule has 2 saturated heterocycles. The normalized spacial score (nSPS) is 19.2. The van der Waals surface area contributed by atoms with Crippen LogP contribution in [-0.2, 0) is 14.3 Å². The van der Waals surface area contributed by atoms with Crippen molar-refractivity contribution in [2.75, 3.05) is 44.3 Å². The number of hydrogen-bond acceptors (Lipinski definition) is 8. The van der Waals surface area contributed by atoms with Crippen molar-refractivity contribution in [3.05, 3.63) is 48.5 Å². The van der Waals surface area contributed by atoms with Crippen LogP contribution in [0, 0.1) is 5.41 Å². The number of carbonyl (C=O) groups excluding carboxylic acids is 1. The van der Waals surface area contributed by atoms with Crippen molar-refractivity contribution in [2.24, 2.45) is 5.41 Å². The van der Waals surface area contributed by atoms with Crippen LogP contribution in [0.5, 0.6) is 0 Å². The van der Waals surface area contributed by atoms with E-state index in [0.29, 0.717) is 31.9 Å². The number of pyridine rings is 1. The molecule has 17 heteroatoms. The molecule has 2 aromatic heterocycles. The molecule has 4 rings (SSSR count). The first kappa shape index (κ1) is 31.2. The van der Waals surface area contributed by atoms with E-state index >= 15 is 0 Å². The Balaban J connectivity index is 0.000000317. The SMILES string of the molecule is O=C(O)C(F)(F)F.O=C(O)C(F)(F)F.O=C(c1ccncc1)N1CCOCC2(CCN(c3ncccn3)C2)C1. The summed E-state index contributed by atoms with van der Waals surface area (Å²) in [6.45, 7) is 4.22. The Morgan fingerprint density at radius 1 is 0.872 bits per heavy atom. The molecule has 1 amide bonds. The summed E-state index contributed by atoms with van der Waals surface area (Å²) in [6.07, 6.45) is -2.37. The van der Waals surface area contributed by atoms with E-state index in [-0.39, 0.29) is 11.3 Å². The minimum atomic E-state index is -5.08. The molecule has 0 bridgehead atoms. The zero-order valence-electron chi connectivity index (χ0n) is 20.0. The first-order chi connectivity index (χ1) is 18.1. The number of aliphatic carboxylic acids is 2. The van der Waals surface area contributed by atoms with Crippen molar-refractivity contribution in [1.82, 2.24) is 19.9 Å². The molecular weight excluding hydrogens is 544 g/mol. The summed E-state index contributed by atoms with van der Waals surface area (Å²) in [5.41, 5.74) is 0.603. The lowest BCUT2D eigenvalue weighted by atomic mass is 9.87. The molecule has 2 N–H and O–H groups in total. The third-order valence-electron chi connectivity index (χ3n) is 5.41. The van der Waals surface area contributed by atoms with Crippen molar-refractivity contribution >= 4 is 23.8 Å². The van der Waals surface area contributed by atoms with Gasteiger partial charge in [-0.1, -0.05) is 0 Å². The fourth-order valence-corrected chi connectivity index (χ4v) is 3.65. The van der Waals surface area contributed by atoms with Crippen LogP contribution in [-0.4, -0.2) is 99.7 Å². The Labute approximate surface area is 217 Å². The second-order valence-corrected chi connectivity index (χ2v) is 8.34. The van der Waals surface area contributed by atoms with Crippen LogP contribution in [0.4, 0.5) is 32.3 Å². The first-order valence-electron chi connectivity index (χ1n) is 11.0. The van der Waals surface area contributed by atoms with Gasteiger partial charge in [0, 0.05) is 61.9 Å². The van der Waals surface area contributed by atoms with E-state index in [1.807, 2.05) is 11.0 Å². The molecule has 2 aliphatic heterocycles. The number of carboxylic acids is 2. The molecule has 0 radical (unpaired) electrons. The lowest BCUT2D eigenvalue weighted by Crippen LogP contribution is -2.43. The van der Waals surface area contributed by atoms with E-state index < -0.39 is 24.3 Å². The standard InChI is InChI=1S/C18H21N5O2.2C2HF3O2/c24-16(15-2-7-19-8-3-15)22-10-11-25-14-18(12-22)4-9-23(13-18)17-20-5-1-6-21-17;2*3-2(4,5)1(6)7/h1-3,5-8H,4,9-14H2;2*(H,6,7). The van der Waals surface area contributed by atoms with Crippen LogP contribution >= 0.6 is 0 Å². The molecular formula is C22H23F6N5O6. The smallest absolute Gasteiger partial charge is 0.475 e.